The van der Waals surface area contributed by atoms with Crippen LogP contribution in [-0.2, 0) is 11.2 Å². The van der Waals surface area contributed by atoms with Crippen molar-refractivity contribution in [3.05, 3.63) is 29.8 Å². The van der Waals surface area contributed by atoms with Crippen molar-refractivity contribution in [2.75, 3.05) is 13.2 Å². The van der Waals surface area contributed by atoms with E-state index < -0.39 is 6.61 Å². The third kappa shape index (κ3) is 7.04. The molecule has 112 valence electrons. The Hall–Kier alpha value is -1.69. The first kappa shape index (κ1) is 16.4. The van der Waals surface area contributed by atoms with Crippen molar-refractivity contribution in [3.63, 3.8) is 0 Å². The van der Waals surface area contributed by atoms with Crippen molar-refractivity contribution in [2.45, 2.75) is 32.3 Å². The number of halogens is 2. The zero-order chi connectivity index (χ0) is 14.8. The van der Waals surface area contributed by atoms with Crippen molar-refractivity contribution >= 4 is 5.91 Å². The standard InChI is InChI=1S/C14H19F2NO3/c15-14(16)20-12-6-4-11(5-7-12)10-13(19)17-8-2-1-3-9-18/h4-7,14,18H,1-3,8-10H2,(H,17,19). The number of benzene rings is 1. The lowest BCUT2D eigenvalue weighted by atomic mass is 10.1. The molecule has 0 saturated carbocycles. The van der Waals surface area contributed by atoms with Crippen LogP contribution in [0, 0.1) is 0 Å². The molecule has 0 heterocycles. The average Bonchev–Trinajstić information content (AvgIpc) is 2.40. The number of aliphatic hydroxyl groups is 1. The Kier molecular flexibility index (Phi) is 7.57. The molecule has 0 bridgehead atoms. The molecule has 1 amide bonds. The van der Waals surface area contributed by atoms with E-state index >= 15 is 0 Å². The Morgan fingerprint density at radius 3 is 2.50 bits per heavy atom. The first-order chi connectivity index (χ1) is 9.61. The third-order valence-electron chi connectivity index (χ3n) is 2.67. The Morgan fingerprint density at radius 1 is 1.20 bits per heavy atom. The van der Waals surface area contributed by atoms with Gasteiger partial charge in [0.15, 0.2) is 0 Å². The lowest BCUT2D eigenvalue weighted by Gasteiger charge is -2.07. The number of nitrogens with one attached hydrogen (secondary N) is 1. The summed E-state index contributed by atoms with van der Waals surface area (Å²) in [4.78, 5) is 11.6. The molecule has 0 saturated heterocycles. The maximum absolute atomic E-state index is 12.0. The van der Waals surface area contributed by atoms with Gasteiger partial charge in [0, 0.05) is 13.2 Å². The molecule has 0 fully saturated rings. The summed E-state index contributed by atoms with van der Waals surface area (Å²) in [5.74, 6) is -0.0373. The quantitative estimate of drug-likeness (QED) is 0.684. The van der Waals surface area contributed by atoms with Crippen molar-refractivity contribution in [2.24, 2.45) is 0 Å². The van der Waals surface area contributed by atoms with Crippen LogP contribution in [-0.4, -0.2) is 30.8 Å². The van der Waals surface area contributed by atoms with Gasteiger partial charge in [-0.15, -0.1) is 0 Å². The van der Waals surface area contributed by atoms with Gasteiger partial charge in [0.05, 0.1) is 6.42 Å². The highest BCUT2D eigenvalue weighted by Crippen LogP contribution is 2.15. The van der Waals surface area contributed by atoms with E-state index in [9.17, 15) is 13.6 Å². The van der Waals surface area contributed by atoms with Crippen LogP contribution in [0.5, 0.6) is 5.75 Å². The molecule has 0 aliphatic rings. The number of rotatable bonds is 9. The summed E-state index contributed by atoms with van der Waals surface area (Å²) in [6.07, 6.45) is 2.64. The van der Waals surface area contributed by atoms with Crippen molar-refractivity contribution < 1.29 is 23.4 Å². The highest BCUT2D eigenvalue weighted by Gasteiger charge is 2.06. The van der Waals surface area contributed by atoms with Gasteiger partial charge in [-0.25, -0.2) is 0 Å². The molecule has 1 aromatic carbocycles. The van der Waals surface area contributed by atoms with E-state index in [0.29, 0.717) is 6.54 Å². The molecule has 0 atom stereocenters. The van der Waals surface area contributed by atoms with E-state index in [1.807, 2.05) is 0 Å². The Morgan fingerprint density at radius 2 is 1.90 bits per heavy atom. The minimum absolute atomic E-state index is 0.0770. The van der Waals surface area contributed by atoms with E-state index in [1.165, 1.54) is 12.1 Å². The number of amides is 1. The molecule has 0 aromatic heterocycles. The SMILES string of the molecule is O=C(Cc1ccc(OC(F)F)cc1)NCCCCCO. The second-order valence-corrected chi connectivity index (χ2v) is 4.33. The zero-order valence-corrected chi connectivity index (χ0v) is 11.1. The first-order valence-electron chi connectivity index (χ1n) is 6.53. The molecule has 0 aliphatic carbocycles. The molecule has 0 unspecified atom stereocenters. The van der Waals surface area contributed by atoms with Gasteiger partial charge in [0.2, 0.25) is 5.91 Å². The van der Waals surface area contributed by atoms with Crippen LogP contribution in [0.1, 0.15) is 24.8 Å². The number of aliphatic hydroxyl groups excluding tert-OH is 1. The molecule has 6 heteroatoms. The molecule has 4 nitrogen and oxygen atoms in total. The third-order valence-corrected chi connectivity index (χ3v) is 2.67. The molecule has 20 heavy (non-hydrogen) atoms. The van der Waals surface area contributed by atoms with E-state index in [-0.39, 0.29) is 24.7 Å². The summed E-state index contributed by atoms with van der Waals surface area (Å²) in [5.41, 5.74) is 0.736. The van der Waals surface area contributed by atoms with Gasteiger partial charge in [-0.2, -0.15) is 8.78 Å². The maximum atomic E-state index is 12.0. The number of carbonyl (C=O) groups is 1. The van der Waals surface area contributed by atoms with Gasteiger partial charge in [-0.3, -0.25) is 4.79 Å². The molecular weight excluding hydrogens is 268 g/mol. The summed E-state index contributed by atoms with van der Waals surface area (Å²) in [5, 5.41) is 11.4. The molecule has 1 aromatic rings. The lowest BCUT2D eigenvalue weighted by Crippen LogP contribution is -2.26. The predicted octanol–water partition coefficient (Wildman–Crippen LogP) is 2.11. The van der Waals surface area contributed by atoms with Crippen LogP contribution in [0.3, 0.4) is 0 Å². The van der Waals surface area contributed by atoms with E-state index in [4.69, 9.17) is 5.11 Å². The zero-order valence-electron chi connectivity index (χ0n) is 11.1. The number of unbranched alkanes of at least 4 members (excludes halogenated alkanes) is 2. The average molecular weight is 287 g/mol. The van der Waals surface area contributed by atoms with Crippen LogP contribution in [0.15, 0.2) is 24.3 Å². The number of alkyl halides is 2. The molecule has 2 N–H and O–H groups in total. The fourth-order valence-electron chi connectivity index (χ4n) is 1.68. The summed E-state index contributed by atoms with van der Waals surface area (Å²) in [6.45, 7) is -2.10. The van der Waals surface area contributed by atoms with Gasteiger partial charge in [-0.1, -0.05) is 12.1 Å². The minimum Gasteiger partial charge on any atom is -0.435 e. The number of ether oxygens (including phenoxy) is 1. The maximum Gasteiger partial charge on any atom is 0.387 e. The van der Waals surface area contributed by atoms with Crippen LogP contribution >= 0.6 is 0 Å². The van der Waals surface area contributed by atoms with Crippen LogP contribution < -0.4 is 10.1 Å². The summed E-state index contributed by atoms with van der Waals surface area (Å²) in [6, 6.07) is 6.00. The number of hydrogen-bond donors (Lipinski definition) is 2. The number of hydrogen-bond acceptors (Lipinski definition) is 3. The molecular formula is C14H19F2NO3. The van der Waals surface area contributed by atoms with Crippen molar-refractivity contribution in [1.29, 1.82) is 0 Å². The summed E-state index contributed by atoms with van der Waals surface area (Å²) in [7, 11) is 0. The molecule has 0 spiro atoms. The van der Waals surface area contributed by atoms with Gasteiger partial charge >= 0.3 is 6.61 Å². The summed E-state index contributed by atoms with van der Waals surface area (Å²) < 4.78 is 28.1. The lowest BCUT2D eigenvalue weighted by molar-refractivity contribution is -0.120. The van der Waals surface area contributed by atoms with Crippen LogP contribution in [0.2, 0.25) is 0 Å². The van der Waals surface area contributed by atoms with E-state index in [1.54, 1.807) is 12.1 Å². The van der Waals surface area contributed by atoms with Gasteiger partial charge in [0.25, 0.3) is 0 Å². The fraction of sp³-hybridized carbons (Fsp3) is 0.500. The van der Waals surface area contributed by atoms with Crippen LogP contribution in [0.4, 0.5) is 8.78 Å². The number of carbonyl (C=O) groups excluding carboxylic acids is 1. The normalized spacial score (nSPS) is 10.6. The second-order valence-electron chi connectivity index (χ2n) is 4.33. The topological polar surface area (TPSA) is 58.6 Å². The minimum atomic E-state index is -2.84. The van der Waals surface area contributed by atoms with Crippen molar-refractivity contribution in [1.82, 2.24) is 5.32 Å². The fourth-order valence-corrected chi connectivity index (χ4v) is 1.68. The van der Waals surface area contributed by atoms with Gasteiger partial charge in [0.1, 0.15) is 5.75 Å². The Labute approximate surface area is 116 Å². The second kappa shape index (κ2) is 9.25. The van der Waals surface area contributed by atoms with E-state index in [2.05, 4.69) is 10.1 Å². The highest BCUT2D eigenvalue weighted by atomic mass is 19.3. The smallest absolute Gasteiger partial charge is 0.387 e. The molecule has 0 aliphatic heterocycles. The first-order valence-corrected chi connectivity index (χ1v) is 6.53. The van der Waals surface area contributed by atoms with Crippen molar-refractivity contribution in [3.8, 4) is 5.75 Å². The monoisotopic (exact) mass is 287 g/mol. The molecule has 1 rings (SSSR count). The van der Waals surface area contributed by atoms with Gasteiger partial charge in [-0.05, 0) is 37.0 Å². The largest absolute Gasteiger partial charge is 0.435 e. The summed E-state index contributed by atoms with van der Waals surface area (Å²) >= 11 is 0. The predicted molar refractivity (Wildman–Crippen MR) is 70.7 cm³/mol. The Balaban J connectivity index is 2.27. The van der Waals surface area contributed by atoms with Gasteiger partial charge < -0.3 is 15.2 Å². The van der Waals surface area contributed by atoms with E-state index in [0.717, 1.165) is 24.8 Å². The highest BCUT2D eigenvalue weighted by molar-refractivity contribution is 5.78. The molecule has 0 radical (unpaired) electrons. The Bertz CT molecular complexity index is 396. The van der Waals surface area contributed by atoms with Crippen LogP contribution in [0.25, 0.3) is 0 Å².